The second-order valence-electron chi connectivity index (χ2n) is 8.57. The second kappa shape index (κ2) is 9.89. The number of benzene rings is 3. The summed E-state index contributed by atoms with van der Waals surface area (Å²) in [4.78, 5) is 29.3. The molecular formula is C28H24N4O2S3. The average Bonchev–Trinajstić information content (AvgIpc) is 3.56. The number of amides is 1. The maximum absolute atomic E-state index is 13.9. The lowest BCUT2D eigenvalue weighted by Crippen LogP contribution is -2.29. The summed E-state index contributed by atoms with van der Waals surface area (Å²) in [5, 5.41) is 2.64. The van der Waals surface area contributed by atoms with Crippen LogP contribution < -0.4 is 9.64 Å². The fourth-order valence-corrected chi connectivity index (χ4v) is 7.59. The topological polar surface area (TPSA) is 58.0 Å². The number of aliphatic imine (C=N–C) groups is 1. The van der Waals surface area contributed by atoms with E-state index in [0.717, 1.165) is 54.4 Å². The van der Waals surface area contributed by atoms with Gasteiger partial charge in [-0.15, -0.1) is 11.3 Å². The Hall–Kier alpha value is -3.27. The lowest BCUT2D eigenvalue weighted by atomic mass is 10.2. The number of carbonyl (C=O) groups excluding carboxylic acids is 1. The van der Waals surface area contributed by atoms with Gasteiger partial charge in [0.05, 0.1) is 40.3 Å². The Kier molecular flexibility index (Phi) is 6.44. The predicted molar refractivity (Wildman–Crippen MR) is 155 cm³/mol. The molecule has 0 unspecified atom stereocenters. The molecule has 3 heterocycles. The highest BCUT2D eigenvalue weighted by Gasteiger charge is 2.39. The molecule has 2 aliphatic rings. The van der Waals surface area contributed by atoms with Gasteiger partial charge in [-0.1, -0.05) is 42.1 Å². The van der Waals surface area contributed by atoms with Gasteiger partial charge in [0.25, 0.3) is 5.91 Å². The molecule has 6 rings (SSSR count). The van der Waals surface area contributed by atoms with Crippen molar-refractivity contribution >= 4 is 67.5 Å². The zero-order valence-electron chi connectivity index (χ0n) is 20.6. The van der Waals surface area contributed by atoms with Crippen LogP contribution in [0.1, 0.15) is 17.5 Å². The Morgan fingerprint density at radius 3 is 2.62 bits per heavy atom. The first kappa shape index (κ1) is 24.1. The number of amidine groups is 1. The normalized spacial score (nSPS) is 18.4. The van der Waals surface area contributed by atoms with Gasteiger partial charge in [0, 0.05) is 17.5 Å². The number of hydrogen-bond acceptors (Lipinski definition) is 8. The average molecular weight is 545 g/mol. The maximum atomic E-state index is 13.9. The molecular weight excluding hydrogens is 521 g/mol. The number of aryl methyl sites for hydroxylation is 1. The number of thiazole rings is 1. The van der Waals surface area contributed by atoms with Gasteiger partial charge in [-0.2, -0.15) is 0 Å². The van der Waals surface area contributed by atoms with E-state index in [1.165, 1.54) is 11.8 Å². The van der Waals surface area contributed by atoms with Crippen LogP contribution in [0.5, 0.6) is 5.75 Å². The van der Waals surface area contributed by atoms with Crippen molar-refractivity contribution < 1.29 is 9.53 Å². The molecule has 37 heavy (non-hydrogen) atoms. The number of carbonyl (C=O) groups is 1. The molecule has 6 nitrogen and oxygen atoms in total. The molecule has 0 aliphatic carbocycles. The minimum atomic E-state index is -0.0288. The zero-order valence-corrected chi connectivity index (χ0v) is 23.0. The fraction of sp³-hybridized carbons (Fsp3) is 0.179. The largest absolute Gasteiger partial charge is 0.497 e. The van der Waals surface area contributed by atoms with Crippen LogP contribution in [0.25, 0.3) is 10.2 Å². The van der Waals surface area contributed by atoms with E-state index in [4.69, 9.17) is 9.73 Å². The summed E-state index contributed by atoms with van der Waals surface area (Å²) in [6.45, 7) is 5.30. The van der Waals surface area contributed by atoms with Crippen molar-refractivity contribution in [1.82, 2.24) is 9.88 Å². The molecule has 1 fully saturated rings. The SMILES string of the molecule is CCN1C(=C2SC(=Nc3ccc4sc(C)nc4c3)N(Cc3ccccc3)C2=O)Sc2ccc(OC)cc21. The number of fused-ring (bicyclic) bond motifs is 2. The third-order valence-electron chi connectivity index (χ3n) is 6.17. The molecule has 186 valence electrons. The molecule has 0 atom stereocenters. The van der Waals surface area contributed by atoms with Gasteiger partial charge in [0.15, 0.2) is 5.17 Å². The molecule has 0 saturated carbocycles. The first-order chi connectivity index (χ1) is 18.0. The molecule has 3 aromatic carbocycles. The Bertz CT molecular complexity index is 1580. The summed E-state index contributed by atoms with van der Waals surface area (Å²) in [6, 6.07) is 22.1. The molecule has 0 spiro atoms. The van der Waals surface area contributed by atoms with E-state index in [1.807, 2.05) is 61.5 Å². The highest BCUT2D eigenvalue weighted by molar-refractivity contribution is 8.19. The number of methoxy groups -OCH3 is 1. The van der Waals surface area contributed by atoms with Gasteiger partial charge in [0.1, 0.15) is 15.7 Å². The van der Waals surface area contributed by atoms with E-state index in [-0.39, 0.29) is 5.91 Å². The van der Waals surface area contributed by atoms with Gasteiger partial charge in [-0.05, 0) is 61.5 Å². The van der Waals surface area contributed by atoms with E-state index in [1.54, 1.807) is 35.1 Å². The summed E-state index contributed by atoms with van der Waals surface area (Å²) in [7, 11) is 1.67. The molecule has 2 aliphatic heterocycles. The quantitative estimate of drug-likeness (QED) is 0.248. The molecule has 1 amide bonds. The summed E-state index contributed by atoms with van der Waals surface area (Å²) in [5.41, 5.74) is 3.84. The highest BCUT2D eigenvalue weighted by Crippen LogP contribution is 2.51. The molecule has 0 radical (unpaired) electrons. The third-order valence-corrected chi connectivity index (χ3v) is 9.50. The number of hydrogen-bond donors (Lipinski definition) is 0. The van der Waals surface area contributed by atoms with Crippen molar-refractivity contribution in [2.75, 3.05) is 18.6 Å². The van der Waals surface area contributed by atoms with Crippen molar-refractivity contribution in [3.05, 3.63) is 87.2 Å². The molecule has 9 heteroatoms. The van der Waals surface area contributed by atoms with Gasteiger partial charge in [-0.25, -0.2) is 9.98 Å². The predicted octanol–water partition coefficient (Wildman–Crippen LogP) is 7.18. The van der Waals surface area contributed by atoms with E-state index < -0.39 is 0 Å². The monoisotopic (exact) mass is 544 g/mol. The summed E-state index contributed by atoms with van der Waals surface area (Å²) < 4.78 is 6.59. The Balaban J connectivity index is 1.42. The Morgan fingerprint density at radius 1 is 1.00 bits per heavy atom. The lowest BCUT2D eigenvalue weighted by molar-refractivity contribution is -0.122. The molecule has 1 saturated heterocycles. The number of rotatable bonds is 5. The van der Waals surface area contributed by atoms with Gasteiger partial charge >= 0.3 is 0 Å². The number of ether oxygens (including phenoxy) is 1. The van der Waals surface area contributed by atoms with E-state index in [9.17, 15) is 4.79 Å². The molecule has 4 aromatic rings. The van der Waals surface area contributed by atoms with Crippen molar-refractivity contribution in [2.24, 2.45) is 4.99 Å². The molecule has 1 aromatic heterocycles. The van der Waals surface area contributed by atoms with E-state index in [0.29, 0.717) is 16.6 Å². The molecule has 0 N–H and O–H groups in total. The van der Waals surface area contributed by atoms with Crippen molar-refractivity contribution in [3.63, 3.8) is 0 Å². The van der Waals surface area contributed by atoms with Gasteiger partial charge in [-0.3, -0.25) is 9.69 Å². The lowest BCUT2D eigenvalue weighted by Gasteiger charge is -2.19. The van der Waals surface area contributed by atoms with E-state index >= 15 is 0 Å². The van der Waals surface area contributed by atoms with Crippen LogP contribution in [0.15, 0.2) is 86.6 Å². The van der Waals surface area contributed by atoms with Crippen LogP contribution in [0.4, 0.5) is 11.4 Å². The second-order valence-corrected chi connectivity index (χ2v) is 11.8. The van der Waals surface area contributed by atoms with Crippen LogP contribution in [0.2, 0.25) is 0 Å². The van der Waals surface area contributed by atoms with Crippen LogP contribution in [-0.4, -0.2) is 34.6 Å². The molecule has 0 bridgehead atoms. The van der Waals surface area contributed by atoms with Crippen molar-refractivity contribution in [3.8, 4) is 5.75 Å². The van der Waals surface area contributed by atoms with Gasteiger partial charge in [0.2, 0.25) is 0 Å². The van der Waals surface area contributed by atoms with E-state index in [2.05, 4.69) is 28.9 Å². The van der Waals surface area contributed by atoms with Crippen molar-refractivity contribution in [2.45, 2.75) is 25.3 Å². The maximum Gasteiger partial charge on any atom is 0.269 e. The fourth-order valence-electron chi connectivity index (χ4n) is 4.41. The Morgan fingerprint density at radius 2 is 1.84 bits per heavy atom. The van der Waals surface area contributed by atoms with Crippen LogP contribution in [-0.2, 0) is 11.3 Å². The highest BCUT2D eigenvalue weighted by atomic mass is 32.2. The van der Waals surface area contributed by atoms with Crippen LogP contribution in [0.3, 0.4) is 0 Å². The minimum absolute atomic E-state index is 0.0288. The third kappa shape index (κ3) is 4.52. The number of aromatic nitrogens is 1. The van der Waals surface area contributed by atoms with Gasteiger partial charge < -0.3 is 9.64 Å². The summed E-state index contributed by atoms with van der Waals surface area (Å²) in [6.07, 6.45) is 0. The number of thioether (sulfide) groups is 2. The number of anilines is 1. The number of nitrogens with zero attached hydrogens (tertiary/aromatic N) is 4. The zero-order chi connectivity index (χ0) is 25.5. The van der Waals surface area contributed by atoms with Crippen molar-refractivity contribution in [1.29, 1.82) is 0 Å². The standard InChI is InChI=1S/C28H24N4O2S3/c1-4-31-22-15-20(34-3)11-13-24(22)36-27(31)25-26(33)32(16-18-8-6-5-7-9-18)28(37-25)30-19-10-12-23-21(14-19)29-17(2)35-23/h5-15H,4,16H2,1-3H3. The summed E-state index contributed by atoms with van der Waals surface area (Å²) in [5.74, 6) is 0.772. The smallest absolute Gasteiger partial charge is 0.269 e. The van der Waals surface area contributed by atoms with Crippen LogP contribution in [0, 0.1) is 6.92 Å². The van der Waals surface area contributed by atoms with Crippen LogP contribution >= 0.6 is 34.9 Å². The first-order valence-corrected chi connectivity index (χ1v) is 14.4. The minimum Gasteiger partial charge on any atom is -0.497 e. The summed E-state index contributed by atoms with van der Waals surface area (Å²) >= 11 is 4.74. The Labute approximate surface area is 228 Å². The first-order valence-electron chi connectivity index (χ1n) is 11.9.